The highest BCUT2D eigenvalue weighted by atomic mass is 16.3. The number of hydrogen-bond donors (Lipinski definition) is 1. The van der Waals surface area contributed by atoms with Gasteiger partial charge in [0.05, 0.1) is 11.7 Å². The van der Waals surface area contributed by atoms with Crippen LogP contribution >= 0.6 is 0 Å². The fourth-order valence-electron chi connectivity index (χ4n) is 2.04. The number of nitrogens with zero attached hydrogens (tertiary/aromatic N) is 4. The Balaban J connectivity index is 2.18. The lowest BCUT2D eigenvalue weighted by atomic mass is 10.2. The highest BCUT2D eigenvalue weighted by Gasteiger charge is 2.20. The molecule has 1 atom stereocenters. The predicted molar refractivity (Wildman–Crippen MR) is 79.2 cm³/mol. The summed E-state index contributed by atoms with van der Waals surface area (Å²) in [7, 11) is 0. The molecule has 2 rings (SSSR count). The summed E-state index contributed by atoms with van der Waals surface area (Å²) in [5.74, 6) is 0.575. The maximum absolute atomic E-state index is 12.5. The summed E-state index contributed by atoms with van der Waals surface area (Å²) in [4.78, 5) is 22.3. The van der Waals surface area contributed by atoms with Gasteiger partial charge < -0.3 is 10.0 Å². The van der Waals surface area contributed by atoms with E-state index in [1.54, 1.807) is 53.4 Å². The largest absolute Gasteiger partial charge is 0.392 e. The summed E-state index contributed by atoms with van der Waals surface area (Å²) in [5.41, 5.74) is 0.508. The van der Waals surface area contributed by atoms with Crippen LogP contribution in [0.4, 0.5) is 0 Å². The monoisotopic (exact) mass is 288 g/mol. The summed E-state index contributed by atoms with van der Waals surface area (Å²) in [6.07, 6.45) is 6.10. The third-order valence-corrected chi connectivity index (χ3v) is 3.11. The van der Waals surface area contributed by atoms with E-state index < -0.39 is 6.10 Å². The molecule has 6 nitrogen and oxygen atoms in total. The molecule has 2 aromatic rings. The van der Waals surface area contributed by atoms with Crippen molar-refractivity contribution in [2.45, 2.75) is 32.9 Å². The molecule has 1 N–H and O–H groups in total. The Hall–Kier alpha value is -2.21. The molecule has 112 valence electrons. The second kappa shape index (κ2) is 6.49. The van der Waals surface area contributed by atoms with Crippen molar-refractivity contribution in [3.05, 3.63) is 42.6 Å². The SMILES string of the molecule is CC(O)CN(C(=O)c1ccc(-n2ccnc2)nc1)C(C)C. The number of pyridine rings is 1. The van der Waals surface area contributed by atoms with Crippen LogP contribution in [0.25, 0.3) is 5.82 Å². The van der Waals surface area contributed by atoms with Crippen molar-refractivity contribution in [1.29, 1.82) is 0 Å². The van der Waals surface area contributed by atoms with Gasteiger partial charge in [-0.05, 0) is 32.9 Å². The summed E-state index contributed by atoms with van der Waals surface area (Å²) >= 11 is 0. The fourth-order valence-corrected chi connectivity index (χ4v) is 2.04. The molecule has 2 aromatic heterocycles. The van der Waals surface area contributed by atoms with E-state index >= 15 is 0 Å². The average molecular weight is 288 g/mol. The molecule has 21 heavy (non-hydrogen) atoms. The van der Waals surface area contributed by atoms with Crippen LogP contribution in [0.15, 0.2) is 37.1 Å². The second-order valence-electron chi connectivity index (χ2n) is 5.28. The molecular formula is C15H20N4O2. The van der Waals surface area contributed by atoms with Crippen molar-refractivity contribution in [1.82, 2.24) is 19.4 Å². The number of aliphatic hydroxyl groups excluding tert-OH is 1. The van der Waals surface area contributed by atoms with Crippen LogP contribution in [0.3, 0.4) is 0 Å². The van der Waals surface area contributed by atoms with Crippen LogP contribution in [0, 0.1) is 0 Å². The molecule has 0 aliphatic rings. The van der Waals surface area contributed by atoms with Gasteiger partial charge in [-0.1, -0.05) is 0 Å². The zero-order valence-corrected chi connectivity index (χ0v) is 12.5. The van der Waals surface area contributed by atoms with Crippen LogP contribution in [0.5, 0.6) is 0 Å². The number of amides is 1. The lowest BCUT2D eigenvalue weighted by Gasteiger charge is -2.28. The fraction of sp³-hybridized carbons (Fsp3) is 0.400. The Morgan fingerprint density at radius 3 is 2.62 bits per heavy atom. The molecule has 0 aromatic carbocycles. The Morgan fingerprint density at radius 2 is 2.14 bits per heavy atom. The van der Waals surface area contributed by atoms with Crippen molar-refractivity contribution < 1.29 is 9.90 Å². The average Bonchev–Trinajstić information content (AvgIpc) is 2.98. The van der Waals surface area contributed by atoms with E-state index in [-0.39, 0.29) is 11.9 Å². The minimum Gasteiger partial charge on any atom is -0.392 e. The van der Waals surface area contributed by atoms with Crippen LogP contribution in [-0.2, 0) is 0 Å². The zero-order valence-electron chi connectivity index (χ0n) is 12.5. The number of rotatable bonds is 5. The smallest absolute Gasteiger partial charge is 0.255 e. The topological polar surface area (TPSA) is 71.2 Å². The van der Waals surface area contributed by atoms with E-state index in [2.05, 4.69) is 9.97 Å². The van der Waals surface area contributed by atoms with Crippen LogP contribution in [-0.4, -0.2) is 49.1 Å². The van der Waals surface area contributed by atoms with Gasteiger partial charge in [-0.2, -0.15) is 0 Å². The zero-order chi connectivity index (χ0) is 15.4. The molecule has 1 amide bonds. The van der Waals surface area contributed by atoms with Gasteiger partial charge in [0.15, 0.2) is 0 Å². The van der Waals surface area contributed by atoms with Gasteiger partial charge in [0.2, 0.25) is 0 Å². The van der Waals surface area contributed by atoms with E-state index in [4.69, 9.17) is 0 Å². The number of hydrogen-bond acceptors (Lipinski definition) is 4. The van der Waals surface area contributed by atoms with E-state index in [0.717, 1.165) is 0 Å². The van der Waals surface area contributed by atoms with Gasteiger partial charge in [-0.3, -0.25) is 9.36 Å². The number of carbonyl (C=O) groups excluding carboxylic acids is 1. The van der Waals surface area contributed by atoms with Crippen molar-refractivity contribution in [2.75, 3.05) is 6.54 Å². The summed E-state index contributed by atoms with van der Waals surface area (Å²) < 4.78 is 1.77. The van der Waals surface area contributed by atoms with Crippen molar-refractivity contribution in [2.24, 2.45) is 0 Å². The van der Waals surface area contributed by atoms with E-state index in [1.807, 2.05) is 13.8 Å². The van der Waals surface area contributed by atoms with Gasteiger partial charge in [0.25, 0.3) is 5.91 Å². The van der Waals surface area contributed by atoms with E-state index in [0.29, 0.717) is 17.9 Å². The molecule has 0 aliphatic carbocycles. The van der Waals surface area contributed by atoms with Gasteiger partial charge in [-0.15, -0.1) is 0 Å². The minimum atomic E-state index is -0.561. The predicted octanol–water partition coefficient (Wildman–Crippen LogP) is 1.50. The normalized spacial score (nSPS) is 12.4. The van der Waals surface area contributed by atoms with Crippen molar-refractivity contribution in [3.63, 3.8) is 0 Å². The molecule has 0 aliphatic heterocycles. The lowest BCUT2D eigenvalue weighted by molar-refractivity contribution is 0.0578. The van der Waals surface area contributed by atoms with Crippen molar-refractivity contribution in [3.8, 4) is 5.82 Å². The third-order valence-electron chi connectivity index (χ3n) is 3.11. The Kier molecular flexibility index (Phi) is 4.70. The minimum absolute atomic E-state index is 0.0143. The van der Waals surface area contributed by atoms with Crippen molar-refractivity contribution >= 4 is 5.91 Å². The molecule has 2 heterocycles. The number of carbonyl (C=O) groups is 1. The van der Waals surface area contributed by atoms with Gasteiger partial charge >= 0.3 is 0 Å². The van der Waals surface area contributed by atoms with Crippen LogP contribution < -0.4 is 0 Å². The van der Waals surface area contributed by atoms with Gasteiger partial charge in [-0.25, -0.2) is 9.97 Å². The highest BCUT2D eigenvalue weighted by Crippen LogP contribution is 2.11. The number of imidazole rings is 1. The summed E-state index contributed by atoms with van der Waals surface area (Å²) in [5, 5.41) is 9.52. The van der Waals surface area contributed by atoms with Crippen LogP contribution in [0.2, 0.25) is 0 Å². The first kappa shape index (κ1) is 15.2. The maximum atomic E-state index is 12.5. The Morgan fingerprint density at radius 1 is 1.38 bits per heavy atom. The van der Waals surface area contributed by atoms with E-state index in [1.165, 1.54) is 0 Å². The first-order chi connectivity index (χ1) is 9.99. The Labute approximate surface area is 124 Å². The molecule has 0 saturated heterocycles. The number of aliphatic hydroxyl groups is 1. The molecule has 0 spiro atoms. The third kappa shape index (κ3) is 3.66. The molecular weight excluding hydrogens is 268 g/mol. The highest BCUT2D eigenvalue weighted by molar-refractivity contribution is 5.94. The molecule has 0 radical (unpaired) electrons. The number of aromatic nitrogens is 3. The first-order valence-corrected chi connectivity index (χ1v) is 6.92. The molecule has 0 fully saturated rings. The standard InChI is InChI=1S/C15H20N4O2/c1-11(2)19(9-12(3)20)15(21)13-4-5-14(17-8-13)18-7-6-16-10-18/h4-8,10-12,20H,9H2,1-3H3. The molecule has 0 saturated carbocycles. The Bertz CT molecular complexity index is 576. The second-order valence-corrected chi connectivity index (χ2v) is 5.28. The van der Waals surface area contributed by atoms with E-state index in [9.17, 15) is 9.90 Å². The van der Waals surface area contributed by atoms with Gasteiger partial charge in [0, 0.05) is 31.2 Å². The van der Waals surface area contributed by atoms with Gasteiger partial charge in [0.1, 0.15) is 12.1 Å². The molecule has 1 unspecified atom stereocenters. The van der Waals surface area contributed by atoms with Crippen LogP contribution in [0.1, 0.15) is 31.1 Å². The summed E-state index contributed by atoms with van der Waals surface area (Å²) in [6, 6.07) is 3.53. The quantitative estimate of drug-likeness (QED) is 0.905. The maximum Gasteiger partial charge on any atom is 0.255 e. The lowest BCUT2D eigenvalue weighted by Crippen LogP contribution is -2.41. The first-order valence-electron chi connectivity index (χ1n) is 6.92. The molecule has 6 heteroatoms. The summed E-state index contributed by atoms with van der Waals surface area (Å²) in [6.45, 7) is 5.82. The molecule has 0 bridgehead atoms.